The minimum absolute atomic E-state index is 0.0774. The zero-order valence-corrected chi connectivity index (χ0v) is 15.5. The van der Waals surface area contributed by atoms with Crippen molar-refractivity contribution in [2.75, 3.05) is 6.61 Å². The van der Waals surface area contributed by atoms with E-state index in [2.05, 4.69) is 27.3 Å². The topological polar surface area (TPSA) is 64.4 Å². The van der Waals surface area contributed by atoms with Gasteiger partial charge < -0.3 is 15.8 Å². The maximum atomic E-state index is 11.0. The molecular formula is C19H25BrN2O2. The van der Waals surface area contributed by atoms with Crippen LogP contribution in [0.25, 0.3) is 0 Å². The predicted octanol–water partition coefficient (Wildman–Crippen LogP) is 3.37. The number of carbonyl (C=O) groups excluding carboxylic acids is 1. The van der Waals surface area contributed by atoms with Gasteiger partial charge in [-0.1, -0.05) is 15.9 Å². The quantitative estimate of drug-likeness (QED) is 0.779. The smallest absolute Gasteiger partial charge is 0.255 e. The number of ether oxygens (including phenoxy) is 1. The van der Waals surface area contributed by atoms with Crippen molar-refractivity contribution >= 4 is 21.8 Å². The van der Waals surface area contributed by atoms with Gasteiger partial charge in [-0.3, -0.25) is 4.79 Å². The first-order valence-electron chi connectivity index (χ1n) is 8.96. The third-order valence-corrected chi connectivity index (χ3v) is 6.58. The summed E-state index contributed by atoms with van der Waals surface area (Å²) < 4.78 is 6.61. The molecule has 4 aliphatic carbocycles. The Morgan fingerprint density at radius 1 is 1.21 bits per heavy atom. The van der Waals surface area contributed by atoms with Gasteiger partial charge in [-0.2, -0.15) is 0 Å². The molecule has 0 unspecified atom stereocenters. The van der Waals surface area contributed by atoms with Crippen LogP contribution in [0, 0.1) is 17.8 Å². The Hall–Kier alpha value is -1.07. The molecule has 0 aromatic heterocycles. The van der Waals surface area contributed by atoms with Crippen molar-refractivity contribution in [2.24, 2.45) is 23.5 Å². The number of nitrogens with two attached hydrogens (primary N) is 1. The number of rotatable bonds is 6. The number of hydrogen-bond acceptors (Lipinski definition) is 3. The van der Waals surface area contributed by atoms with E-state index in [0.29, 0.717) is 5.54 Å². The maximum Gasteiger partial charge on any atom is 0.255 e. The molecule has 4 nitrogen and oxygen atoms in total. The molecule has 24 heavy (non-hydrogen) atoms. The van der Waals surface area contributed by atoms with Crippen LogP contribution in [0.15, 0.2) is 22.7 Å². The number of primary amides is 1. The molecule has 0 atom stereocenters. The first kappa shape index (κ1) is 16.4. The van der Waals surface area contributed by atoms with E-state index < -0.39 is 5.91 Å². The Kier molecular flexibility index (Phi) is 4.33. The zero-order valence-electron chi connectivity index (χ0n) is 13.9. The molecule has 4 saturated carbocycles. The van der Waals surface area contributed by atoms with Crippen LogP contribution in [-0.2, 0) is 11.3 Å². The third kappa shape index (κ3) is 3.33. The van der Waals surface area contributed by atoms with Gasteiger partial charge in [0.1, 0.15) is 5.75 Å². The van der Waals surface area contributed by atoms with Crippen molar-refractivity contribution < 1.29 is 9.53 Å². The van der Waals surface area contributed by atoms with Gasteiger partial charge in [0.2, 0.25) is 0 Å². The van der Waals surface area contributed by atoms with Gasteiger partial charge in [-0.25, -0.2) is 0 Å². The number of halogens is 1. The summed E-state index contributed by atoms with van der Waals surface area (Å²) in [5.74, 6) is 3.08. The molecule has 3 N–H and O–H groups in total. The van der Waals surface area contributed by atoms with E-state index in [1.807, 2.05) is 12.1 Å². The number of carbonyl (C=O) groups is 1. The van der Waals surface area contributed by atoms with Crippen molar-refractivity contribution in [3.05, 3.63) is 28.2 Å². The fourth-order valence-electron chi connectivity index (χ4n) is 5.59. The van der Waals surface area contributed by atoms with Gasteiger partial charge >= 0.3 is 0 Å². The van der Waals surface area contributed by atoms with Gasteiger partial charge in [0.25, 0.3) is 5.91 Å². The molecule has 4 aliphatic rings. The van der Waals surface area contributed by atoms with Crippen molar-refractivity contribution in [3.63, 3.8) is 0 Å². The molecule has 5 heteroatoms. The molecule has 1 amide bonds. The van der Waals surface area contributed by atoms with E-state index in [0.717, 1.165) is 40.1 Å². The summed E-state index contributed by atoms with van der Waals surface area (Å²) in [6.45, 7) is 0.700. The fourth-order valence-corrected chi connectivity index (χ4v) is 5.99. The summed E-state index contributed by atoms with van der Waals surface area (Å²) in [6, 6.07) is 5.91. The molecule has 5 rings (SSSR count). The van der Waals surface area contributed by atoms with Crippen molar-refractivity contribution in [1.82, 2.24) is 5.32 Å². The number of nitrogens with one attached hydrogen (secondary N) is 1. The third-order valence-electron chi connectivity index (χ3n) is 6.08. The summed E-state index contributed by atoms with van der Waals surface area (Å²) in [5.41, 5.74) is 6.61. The number of amides is 1. The summed E-state index contributed by atoms with van der Waals surface area (Å²) in [4.78, 5) is 11.0. The van der Waals surface area contributed by atoms with Crippen LogP contribution in [0.2, 0.25) is 0 Å². The molecule has 4 bridgehead atoms. The molecule has 1 aromatic carbocycles. The van der Waals surface area contributed by atoms with E-state index in [-0.39, 0.29) is 6.61 Å². The Morgan fingerprint density at radius 3 is 2.42 bits per heavy atom. The van der Waals surface area contributed by atoms with E-state index in [4.69, 9.17) is 10.5 Å². The molecule has 0 spiro atoms. The van der Waals surface area contributed by atoms with Crippen LogP contribution in [0.5, 0.6) is 5.75 Å². The fraction of sp³-hybridized carbons (Fsp3) is 0.632. The average molecular weight is 393 g/mol. The SMILES string of the molecule is NC(=O)COc1ccc(Br)cc1CNC12CC3CC(CC(C3)C1)C2. The van der Waals surface area contributed by atoms with Gasteiger partial charge in [0.05, 0.1) is 0 Å². The molecule has 0 heterocycles. The van der Waals surface area contributed by atoms with Crippen molar-refractivity contribution in [3.8, 4) is 5.75 Å². The van der Waals surface area contributed by atoms with Crippen LogP contribution in [0.4, 0.5) is 0 Å². The second-order valence-corrected chi connectivity index (χ2v) is 8.97. The molecule has 0 saturated heterocycles. The Bertz CT molecular complexity index is 611. The Morgan fingerprint density at radius 2 is 1.83 bits per heavy atom. The Balaban J connectivity index is 1.47. The highest BCUT2D eigenvalue weighted by molar-refractivity contribution is 9.10. The maximum absolute atomic E-state index is 11.0. The second-order valence-electron chi connectivity index (χ2n) is 8.06. The number of hydrogen-bond donors (Lipinski definition) is 2. The van der Waals surface area contributed by atoms with Gasteiger partial charge in [0.15, 0.2) is 6.61 Å². The summed E-state index contributed by atoms with van der Waals surface area (Å²) in [5, 5.41) is 3.88. The zero-order chi connectivity index (χ0) is 16.7. The largest absolute Gasteiger partial charge is 0.483 e. The molecule has 1 aromatic rings. The van der Waals surface area contributed by atoms with E-state index in [1.165, 1.54) is 38.5 Å². The first-order valence-corrected chi connectivity index (χ1v) is 9.75. The Labute approximate surface area is 151 Å². The van der Waals surface area contributed by atoms with Crippen LogP contribution in [-0.4, -0.2) is 18.1 Å². The minimum Gasteiger partial charge on any atom is -0.483 e. The highest BCUT2D eigenvalue weighted by Gasteiger charge is 2.50. The van der Waals surface area contributed by atoms with Crippen LogP contribution in [0.3, 0.4) is 0 Å². The van der Waals surface area contributed by atoms with E-state index >= 15 is 0 Å². The molecule has 4 fully saturated rings. The summed E-state index contributed by atoms with van der Waals surface area (Å²) in [6.07, 6.45) is 8.32. The van der Waals surface area contributed by atoms with Crippen LogP contribution in [0.1, 0.15) is 44.1 Å². The minimum atomic E-state index is -0.446. The standard InChI is InChI=1S/C19H25BrN2O2/c20-16-1-2-17(24-11-18(21)23)15(6-16)10-22-19-7-12-3-13(8-19)5-14(4-12)9-19/h1-2,6,12-14,22H,3-5,7-11H2,(H2,21,23). The lowest BCUT2D eigenvalue weighted by Gasteiger charge is -2.57. The van der Waals surface area contributed by atoms with Gasteiger partial charge in [-0.15, -0.1) is 0 Å². The lowest BCUT2D eigenvalue weighted by Crippen LogP contribution is -2.58. The second kappa shape index (κ2) is 6.34. The highest BCUT2D eigenvalue weighted by atomic mass is 79.9. The molecule has 0 radical (unpaired) electrons. The molecule has 0 aliphatic heterocycles. The average Bonchev–Trinajstić information content (AvgIpc) is 2.50. The number of benzene rings is 1. The van der Waals surface area contributed by atoms with E-state index in [9.17, 15) is 4.79 Å². The van der Waals surface area contributed by atoms with Crippen molar-refractivity contribution in [2.45, 2.75) is 50.6 Å². The normalized spacial score (nSPS) is 33.6. The van der Waals surface area contributed by atoms with E-state index in [1.54, 1.807) is 0 Å². The summed E-state index contributed by atoms with van der Waals surface area (Å²) >= 11 is 3.54. The van der Waals surface area contributed by atoms with Crippen molar-refractivity contribution in [1.29, 1.82) is 0 Å². The first-order chi connectivity index (χ1) is 11.5. The van der Waals surface area contributed by atoms with Gasteiger partial charge in [-0.05, 0) is 74.5 Å². The lowest BCUT2D eigenvalue weighted by atomic mass is 9.53. The van der Waals surface area contributed by atoms with Gasteiger partial charge in [0, 0.05) is 22.1 Å². The molecule has 130 valence electrons. The summed E-state index contributed by atoms with van der Waals surface area (Å²) in [7, 11) is 0. The van der Waals surface area contributed by atoms with Crippen LogP contribution >= 0.6 is 15.9 Å². The monoisotopic (exact) mass is 392 g/mol. The predicted molar refractivity (Wildman–Crippen MR) is 96.6 cm³/mol. The van der Waals surface area contributed by atoms with Crippen LogP contribution < -0.4 is 15.8 Å². The highest BCUT2D eigenvalue weighted by Crippen LogP contribution is 2.55. The molecular weight excluding hydrogens is 368 g/mol. The lowest BCUT2D eigenvalue weighted by molar-refractivity contribution is -0.119.